The number of fused-ring (bicyclic) bond motifs is 1. The maximum atomic E-state index is 12.6. The molecule has 5 aromatic carbocycles. The van der Waals surface area contributed by atoms with E-state index in [0.29, 0.717) is 35.3 Å². The van der Waals surface area contributed by atoms with E-state index in [1.165, 1.54) is 0 Å². The van der Waals surface area contributed by atoms with Gasteiger partial charge >= 0.3 is 0 Å². The third kappa shape index (κ3) is 7.68. The fourth-order valence-corrected chi connectivity index (χ4v) is 9.75. The summed E-state index contributed by atoms with van der Waals surface area (Å²) < 4.78 is 29.1. The van der Waals surface area contributed by atoms with Crippen LogP contribution in [-0.2, 0) is 20.2 Å². The van der Waals surface area contributed by atoms with Gasteiger partial charge in [0.1, 0.15) is 18.9 Å². The predicted molar refractivity (Wildman–Crippen MR) is 240 cm³/mol. The fraction of sp³-hybridized carbons (Fsp3) is 0.400. The maximum Gasteiger partial charge on any atom is 0.279 e. The lowest BCUT2D eigenvalue weighted by Crippen LogP contribution is -2.48. The molecular formula is C45H54N6O6Si2. The molecule has 0 spiro atoms. The molecule has 0 unspecified atom stereocenters. The Labute approximate surface area is 347 Å². The summed E-state index contributed by atoms with van der Waals surface area (Å²) in [5, 5.41) is 21.2. The van der Waals surface area contributed by atoms with E-state index < -0.39 is 22.9 Å². The lowest BCUT2D eigenvalue weighted by molar-refractivity contribution is -0.383. The first-order chi connectivity index (χ1) is 27.8. The van der Waals surface area contributed by atoms with E-state index in [1.807, 2.05) is 77.4 Å². The number of ether oxygens (including phenoxy) is 2. The lowest BCUT2D eigenvalue weighted by Gasteiger charge is -2.40. The summed E-state index contributed by atoms with van der Waals surface area (Å²) in [6.07, 6.45) is 1.30. The van der Waals surface area contributed by atoms with Crippen LogP contribution in [0, 0.1) is 10.1 Å². The second-order valence-corrected chi connectivity index (χ2v) is 28.4. The monoisotopic (exact) mass is 830 g/mol. The van der Waals surface area contributed by atoms with Gasteiger partial charge in [-0.15, -0.1) is 0 Å². The molecule has 1 N–H and O–H groups in total. The number of hydrogen-bond acceptors (Lipinski definition) is 10. The van der Waals surface area contributed by atoms with Gasteiger partial charge in [-0.3, -0.25) is 14.7 Å². The molecule has 1 saturated heterocycles. The van der Waals surface area contributed by atoms with E-state index in [0.717, 1.165) is 32.5 Å². The van der Waals surface area contributed by atoms with Crippen molar-refractivity contribution in [3.05, 3.63) is 101 Å². The van der Waals surface area contributed by atoms with Gasteiger partial charge in [0, 0.05) is 23.3 Å². The summed E-state index contributed by atoms with van der Waals surface area (Å²) in [6, 6.07) is 25.3. The highest BCUT2D eigenvalue weighted by molar-refractivity contribution is 6.74. The van der Waals surface area contributed by atoms with E-state index in [2.05, 4.69) is 73.0 Å². The van der Waals surface area contributed by atoms with Gasteiger partial charge in [0.2, 0.25) is 11.8 Å². The van der Waals surface area contributed by atoms with Gasteiger partial charge in [-0.05, 0) is 64.1 Å². The molecule has 7 aromatic rings. The van der Waals surface area contributed by atoms with Crippen LogP contribution in [-0.4, -0.2) is 59.9 Å². The van der Waals surface area contributed by atoms with Crippen molar-refractivity contribution in [1.82, 2.24) is 19.5 Å². The average molecular weight is 831 g/mol. The minimum Gasteiger partial charge on any atom is -0.471 e. The van der Waals surface area contributed by atoms with Crippen LogP contribution < -0.4 is 10.1 Å². The van der Waals surface area contributed by atoms with E-state index in [4.69, 9.17) is 33.3 Å². The number of nitrogens with one attached hydrogen (secondary N) is 1. The van der Waals surface area contributed by atoms with Crippen molar-refractivity contribution in [2.75, 3.05) is 11.9 Å². The van der Waals surface area contributed by atoms with Gasteiger partial charge in [-0.1, -0.05) is 108 Å². The molecular weight excluding hydrogens is 777 g/mol. The molecule has 59 heavy (non-hydrogen) atoms. The van der Waals surface area contributed by atoms with Gasteiger partial charge in [0.05, 0.1) is 35.0 Å². The summed E-state index contributed by atoms with van der Waals surface area (Å²) >= 11 is 0. The normalized spacial score (nSPS) is 18.1. The van der Waals surface area contributed by atoms with Crippen molar-refractivity contribution in [2.45, 2.75) is 109 Å². The van der Waals surface area contributed by atoms with Crippen LogP contribution in [0.1, 0.15) is 59.8 Å². The standard InChI is InChI=1S/C45H54N6O6Si2/c1-44(2,3)58(7,8)55-26-36-35(57-59(9,10)45(4,5)6)24-37(56-36)50-27-46-40-41(50)48-43(49-42(40)54-25-28-15-12-11-13-16-28)47-33-23-34(51(52)53)32-22-20-30-18-14-17-29-19-21-31(33)39(32)38(29)30/h11-23,27,35-37H,24-26H2,1-10H3,(H,47,48,49)/t35-,36+,37+/m0/s1. The van der Waals surface area contributed by atoms with E-state index in [-0.39, 0.29) is 51.3 Å². The van der Waals surface area contributed by atoms with Gasteiger partial charge < -0.3 is 23.6 Å². The molecule has 0 saturated carbocycles. The topological polar surface area (TPSA) is 136 Å². The molecule has 3 heterocycles. The number of hydrogen-bond donors (Lipinski definition) is 1. The number of non-ortho nitro benzene ring substituents is 1. The lowest BCUT2D eigenvalue weighted by atomic mass is 9.92. The first-order valence-electron chi connectivity index (χ1n) is 20.3. The Morgan fingerprint density at radius 2 is 1.54 bits per heavy atom. The van der Waals surface area contributed by atoms with Crippen LogP contribution in [0.4, 0.5) is 17.3 Å². The number of aromatic nitrogens is 4. The van der Waals surface area contributed by atoms with Crippen molar-refractivity contribution in [3.8, 4) is 5.88 Å². The van der Waals surface area contributed by atoms with Crippen molar-refractivity contribution in [1.29, 1.82) is 0 Å². The molecule has 1 aliphatic rings. The molecule has 0 radical (unpaired) electrons. The van der Waals surface area contributed by atoms with Crippen molar-refractivity contribution >= 4 is 77.4 Å². The SMILES string of the molecule is CC(C)(C)[Si](C)(C)OC[C@H]1O[C@@H](n2cnc3c(OCc4ccccc4)nc(Nc4cc([N+](=O)[O-])c5ccc6cccc7ccc4c5c76)nc32)C[C@@H]1O[Si](C)(C)C(C)(C)C. The minimum absolute atomic E-state index is 0.00335. The number of benzene rings is 5. The van der Waals surface area contributed by atoms with Crippen LogP contribution in [0.5, 0.6) is 5.88 Å². The Morgan fingerprint density at radius 3 is 2.20 bits per heavy atom. The Balaban J connectivity index is 1.22. The molecule has 308 valence electrons. The summed E-state index contributed by atoms with van der Waals surface area (Å²) in [5.74, 6) is 0.480. The number of imidazole rings is 1. The van der Waals surface area contributed by atoms with Gasteiger partial charge in [-0.2, -0.15) is 9.97 Å². The quantitative estimate of drug-likeness (QED) is 0.0548. The second kappa shape index (κ2) is 14.9. The first kappa shape index (κ1) is 40.8. The summed E-state index contributed by atoms with van der Waals surface area (Å²) in [7, 11) is -4.31. The zero-order valence-electron chi connectivity index (χ0n) is 35.6. The Kier molecular flexibility index (Phi) is 10.3. The Bertz CT molecular complexity index is 2660. The number of nitrogens with zero attached hydrogens (tertiary/aromatic N) is 5. The molecule has 1 aliphatic heterocycles. The zero-order valence-corrected chi connectivity index (χ0v) is 37.6. The third-order valence-corrected chi connectivity index (χ3v) is 21.8. The van der Waals surface area contributed by atoms with Crippen LogP contribution >= 0.6 is 0 Å². The fourth-order valence-electron chi connectivity index (χ4n) is 7.38. The highest BCUT2D eigenvalue weighted by atomic mass is 28.4. The minimum atomic E-state index is -2.21. The summed E-state index contributed by atoms with van der Waals surface area (Å²) in [5.41, 5.74) is 2.43. The Hall–Kier alpha value is -5.00. The molecule has 12 nitrogen and oxygen atoms in total. The van der Waals surface area contributed by atoms with Crippen LogP contribution in [0.25, 0.3) is 43.5 Å². The highest BCUT2D eigenvalue weighted by Crippen LogP contribution is 2.45. The van der Waals surface area contributed by atoms with Crippen LogP contribution in [0.3, 0.4) is 0 Å². The highest BCUT2D eigenvalue weighted by Gasteiger charge is 2.47. The average Bonchev–Trinajstić information content (AvgIpc) is 3.78. The van der Waals surface area contributed by atoms with Crippen molar-refractivity contribution in [2.24, 2.45) is 0 Å². The number of rotatable bonds is 12. The van der Waals surface area contributed by atoms with E-state index in [1.54, 1.807) is 12.4 Å². The molecule has 0 amide bonds. The van der Waals surface area contributed by atoms with Crippen LogP contribution in [0.15, 0.2) is 85.2 Å². The molecule has 0 aliphatic carbocycles. The number of nitro groups is 1. The van der Waals surface area contributed by atoms with E-state index >= 15 is 0 Å². The molecule has 14 heteroatoms. The largest absolute Gasteiger partial charge is 0.471 e. The van der Waals surface area contributed by atoms with E-state index in [9.17, 15) is 10.1 Å². The molecule has 8 rings (SSSR count). The number of nitro benzene ring substituents is 1. The molecule has 1 fully saturated rings. The second-order valence-electron chi connectivity index (χ2n) is 18.8. The molecule has 2 aromatic heterocycles. The smallest absolute Gasteiger partial charge is 0.279 e. The third-order valence-electron chi connectivity index (χ3n) is 12.8. The zero-order chi connectivity index (χ0) is 42.1. The molecule has 3 atom stereocenters. The van der Waals surface area contributed by atoms with Crippen molar-refractivity contribution in [3.63, 3.8) is 0 Å². The Morgan fingerprint density at radius 1 is 0.864 bits per heavy atom. The van der Waals surface area contributed by atoms with Gasteiger partial charge in [0.15, 0.2) is 27.8 Å². The summed E-state index contributed by atoms with van der Waals surface area (Å²) in [4.78, 5) is 27.0. The first-order valence-corrected chi connectivity index (χ1v) is 26.1. The maximum absolute atomic E-state index is 12.6. The van der Waals surface area contributed by atoms with Gasteiger partial charge in [0.25, 0.3) is 5.69 Å². The summed E-state index contributed by atoms with van der Waals surface area (Å²) in [6.45, 7) is 23.2. The number of anilines is 2. The predicted octanol–water partition coefficient (Wildman–Crippen LogP) is 11.7. The molecule has 0 bridgehead atoms. The van der Waals surface area contributed by atoms with Gasteiger partial charge in [-0.25, -0.2) is 4.98 Å². The van der Waals surface area contributed by atoms with Crippen LogP contribution in [0.2, 0.25) is 36.3 Å². The van der Waals surface area contributed by atoms with Crippen molar-refractivity contribution < 1.29 is 23.2 Å².